The largest absolute Gasteiger partial charge is 0.322 e. The number of nitrogens with zero attached hydrogens (tertiary/aromatic N) is 3. The zero-order valence-electron chi connectivity index (χ0n) is 18.5. The van der Waals surface area contributed by atoms with Crippen molar-refractivity contribution >= 4 is 17.1 Å². The van der Waals surface area contributed by atoms with Gasteiger partial charge in [0.2, 0.25) is 0 Å². The molecule has 2 aromatic carbocycles. The molecular weight excluding hydrogens is 434 g/mol. The lowest BCUT2D eigenvalue weighted by atomic mass is 10.1. The van der Waals surface area contributed by atoms with Crippen molar-refractivity contribution in [2.75, 3.05) is 5.32 Å². The van der Waals surface area contributed by atoms with Crippen LogP contribution in [0.2, 0.25) is 0 Å². The molecule has 0 saturated carbocycles. The van der Waals surface area contributed by atoms with E-state index in [0.717, 1.165) is 11.6 Å². The molecule has 0 aliphatic heterocycles. The van der Waals surface area contributed by atoms with Crippen LogP contribution in [0.5, 0.6) is 0 Å². The molecule has 1 amide bonds. The highest BCUT2D eigenvalue weighted by Gasteiger charge is 2.18. The summed E-state index contributed by atoms with van der Waals surface area (Å²) in [5, 5.41) is 2.90. The SMILES string of the molecule is Cc1ccc(NC(=O)c2cc(-c3cccc4c(-c5cccc(F)c5F)ncn34)cnc2C)cc1. The van der Waals surface area contributed by atoms with E-state index in [1.807, 2.05) is 37.3 Å². The lowest BCUT2D eigenvalue weighted by molar-refractivity contribution is 0.102. The fraction of sp³-hybridized carbons (Fsp3) is 0.0741. The number of benzene rings is 2. The molecule has 0 fully saturated rings. The highest BCUT2D eigenvalue weighted by molar-refractivity contribution is 6.05. The number of hydrogen-bond donors (Lipinski definition) is 1. The van der Waals surface area contributed by atoms with Gasteiger partial charge in [-0.15, -0.1) is 0 Å². The minimum Gasteiger partial charge on any atom is -0.322 e. The number of aryl methyl sites for hydroxylation is 2. The van der Waals surface area contributed by atoms with Gasteiger partial charge in [-0.25, -0.2) is 13.8 Å². The van der Waals surface area contributed by atoms with Crippen molar-refractivity contribution in [1.82, 2.24) is 14.4 Å². The van der Waals surface area contributed by atoms with Crippen molar-refractivity contribution < 1.29 is 13.6 Å². The number of carbonyl (C=O) groups is 1. The maximum Gasteiger partial charge on any atom is 0.257 e. The molecule has 3 aromatic heterocycles. The standard InChI is InChI=1S/C27H20F2N4O/c1-16-9-11-19(12-10-16)32-27(34)21-13-18(14-30-17(21)2)23-7-4-8-24-26(31-15-33(23)24)20-5-3-6-22(28)25(20)29/h3-15H,1-2H3,(H,32,34). The number of nitrogens with one attached hydrogen (secondary N) is 1. The second-order valence-corrected chi connectivity index (χ2v) is 8.04. The van der Waals surface area contributed by atoms with E-state index in [4.69, 9.17) is 0 Å². The molecule has 5 aromatic rings. The summed E-state index contributed by atoms with van der Waals surface area (Å²) in [6.45, 7) is 3.75. The van der Waals surface area contributed by atoms with Crippen LogP contribution >= 0.6 is 0 Å². The third-order valence-electron chi connectivity index (χ3n) is 5.72. The summed E-state index contributed by atoms with van der Waals surface area (Å²) in [6.07, 6.45) is 3.23. The third-order valence-corrected chi connectivity index (χ3v) is 5.72. The summed E-state index contributed by atoms with van der Waals surface area (Å²) in [4.78, 5) is 21.8. The minimum absolute atomic E-state index is 0.0832. The fourth-order valence-corrected chi connectivity index (χ4v) is 3.89. The van der Waals surface area contributed by atoms with E-state index < -0.39 is 11.6 Å². The van der Waals surface area contributed by atoms with Crippen LogP contribution < -0.4 is 5.32 Å². The average Bonchev–Trinajstić information content (AvgIpc) is 3.27. The molecule has 34 heavy (non-hydrogen) atoms. The van der Waals surface area contributed by atoms with Crippen molar-refractivity contribution in [3.63, 3.8) is 0 Å². The predicted octanol–water partition coefficient (Wildman–Crippen LogP) is 6.21. The van der Waals surface area contributed by atoms with E-state index in [1.54, 1.807) is 42.0 Å². The van der Waals surface area contributed by atoms with Crippen LogP contribution in [0.1, 0.15) is 21.6 Å². The van der Waals surface area contributed by atoms with E-state index in [9.17, 15) is 13.6 Å². The molecule has 168 valence electrons. The number of halogens is 2. The second kappa shape index (κ2) is 8.51. The number of aromatic nitrogens is 3. The number of pyridine rings is 2. The first kappa shape index (κ1) is 21.5. The van der Waals surface area contributed by atoms with Crippen molar-refractivity contribution in [2.24, 2.45) is 0 Å². The first-order valence-electron chi connectivity index (χ1n) is 10.7. The quantitative estimate of drug-likeness (QED) is 0.351. The summed E-state index contributed by atoms with van der Waals surface area (Å²) in [5.74, 6) is -2.14. The lowest BCUT2D eigenvalue weighted by Gasteiger charge is -2.11. The number of amides is 1. The monoisotopic (exact) mass is 454 g/mol. The van der Waals surface area contributed by atoms with Gasteiger partial charge in [0.05, 0.1) is 28.2 Å². The summed E-state index contributed by atoms with van der Waals surface area (Å²) in [5.41, 5.74) is 5.24. The Morgan fingerprint density at radius 2 is 1.71 bits per heavy atom. The zero-order valence-corrected chi connectivity index (χ0v) is 18.5. The van der Waals surface area contributed by atoms with Gasteiger partial charge >= 0.3 is 0 Å². The molecule has 0 bridgehead atoms. The maximum absolute atomic E-state index is 14.4. The van der Waals surface area contributed by atoms with E-state index in [1.165, 1.54) is 12.1 Å². The molecule has 5 rings (SSSR count). The molecule has 0 aliphatic rings. The van der Waals surface area contributed by atoms with Gasteiger partial charge in [0.25, 0.3) is 5.91 Å². The number of fused-ring (bicyclic) bond motifs is 1. The average molecular weight is 454 g/mol. The summed E-state index contributed by atoms with van der Waals surface area (Å²) < 4.78 is 30.0. The second-order valence-electron chi connectivity index (χ2n) is 8.04. The first-order chi connectivity index (χ1) is 16.4. The molecular formula is C27H20F2N4O. The van der Waals surface area contributed by atoms with Gasteiger partial charge in [-0.1, -0.05) is 29.8 Å². The van der Waals surface area contributed by atoms with Crippen LogP contribution in [0.25, 0.3) is 28.0 Å². The molecule has 0 unspecified atom stereocenters. The van der Waals surface area contributed by atoms with Crippen molar-refractivity contribution in [3.05, 3.63) is 108 Å². The van der Waals surface area contributed by atoms with Crippen LogP contribution in [0.3, 0.4) is 0 Å². The fourth-order valence-electron chi connectivity index (χ4n) is 3.89. The van der Waals surface area contributed by atoms with Crippen LogP contribution in [-0.2, 0) is 0 Å². The van der Waals surface area contributed by atoms with Gasteiger partial charge in [-0.3, -0.25) is 14.2 Å². The maximum atomic E-state index is 14.4. The van der Waals surface area contributed by atoms with Gasteiger partial charge in [0.1, 0.15) is 6.33 Å². The molecule has 0 saturated heterocycles. The molecule has 1 N–H and O–H groups in total. The Hall–Kier alpha value is -4.39. The molecule has 0 atom stereocenters. The Bertz CT molecular complexity index is 1540. The zero-order chi connectivity index (χ0) is 23.8. The number of imidazole rings is 1. The highest BCUT2D eigenvalue weighted by Crippen LogP contribution is 2.30. The van der Waals surface area contributed by atoms with Gasteiger partial charge in [-0.2, -0.15) is 0 Å². The Balaban J connectivity index is 1.55. The number of hydrogen-bond acceptors (Lipinski definition) is 3. The van der Waals surface area contributed by atoms with Crippen LogP contribution in [-0.4, -0.2) is 20.3 Å². The lowest BCUT2D eigenvalue weighted by Crippen LogP contribution is -2.14. The third kappa shape index (κ3) is 3.81. The van der Waals surface area contributed by atoms with Crippen molar-refractivity contribution in [3.8, 4) is 22.5 Å². The number of carbonyl (C=O) groups excluding carboxylic acids is 1. The highest BCUT2D eigenvalue weighted by atomic mass is 19.2. The van der Waals surface area contributed by atoms with Crippen LogP contribution in [0.15, 0.2) is 79.3 Å². The van der Waals surface area contributed by atoms with E-state index >= 15 is 0 Å². The molecule has 0 spiro atoms. The van der Waals surface area contributed by atoms with Gasteiger partial charge in [-0.05, 0) is 56.3 Å². The summed E-state index contributed by atoms with van der Waals surface area (Å²) >= 11 is 0. The Morgan fingerprint density at radius 3 is 2.50 bits per heavy atom. The normalized spacial score (nSPS) is 11.1. The van der Waals surface area contributed by atoms with E-state index in [2.05, 4.69) is 15.3 Å². The van der Waals surface area contributed by atoms with Crippen LogP contribution in [0.4, 0.5) is 14.5 Å². The Morgan fingerprint density at radius 1 is 0.941 bits per heavy atom. The summed E-state index contributed by atoms with van der Waals surface area (Å²) in [6, 6.07) is 18.8. The van der Waals surface area contributed by atoms with Crippen molar-refractivity contribution in [1.29, 1.82) is 0 Å². The minimum atomic E-state index is -0.944. The topological polar surface area (TPSA) is 59.3 Å². The number of anilines is 1. The predicted molar refractivity (Wildman–Crippen MR) is 128 cm³/mol. The molecule has 7 heteroatoms. The molecule has 0 radical (unpaired) electrons. The molecule has 0 aliphatic carbocycles. The van der Waals surface area contributed by atoms with Gasteiger partial charge in [0, 0.05) is 23.0 Å². The Kier molecular flexibility index (Phi) is 5.37. The van der Waals surface area contributed by atoms with Crippen LogP contribution in [0, 0.1) is 25.5 Å². The van der Waals surface area contributed by atoms with Gasteiger partial charge in [0.15, 0.2) is 11.6 Å². The first-order valence-corrected chi connectivity index (χ1v) is 10.7. The summed E-state index contributed by atoms with van der Waals surface area (Å²) in [7, 11) is 0. The van der Waals surface area contributed by atoms with E-state index in [-0.39, 0.29) is 11.5 Å². The van der Waals surface area contributed by atoms with Crippen molar-refractivity contribution in [2.45, 2.75) is 13.8 Å². The smallest absolute Gasteiger partial charge is 0.257 e. The van der Waals surface area contributed by atoms with Gasteiger partial charge < -0.3 is 5.32 Å². The Labute approximate surface area is 194 Å². The number of rotatable bonds is 4. The molecule has 5 nitrogen and oxygen atoms in total. The molecule has 3 heterocycles. The van der Waals surface area contributed by atoms with E-state index in [0.29, 0.717) is 39.4 Å².